The van der Waals surface area contributed by atoms with Crippen molar-refractivity contribution in [3.63, 3.8) is 0 Å². The molecule has 0 unspecified atom stereocenters. The summed E-state index contributed by atoms with van der Waals surface area (Å²) in [6, 6.07) is 6.93. The maximum Gasteiger partial charge on any atom is 0.267 e. The first-order chi connectivity index (χ1) is 10.8. The fourth-order valence-electron chi connectivity index (χ4n) is 2.05. The maximum absolute atomic E-state index is 12.4. The molecule has 0 spiro atoms. The van der Waals surface area contributed by atoms with E-state index in [9.17, 15) is 9.59 Å². The lowest BCUT2D eigenvalue weighted by molar-refractivity contribution is 0.0827. The summed E-state index contributed by atoms with van der Waals surface area (Å²) in [5.41, 5.74) is 1.87. The molecule has 5 nitrogen and oxygen atoms in total. The van der Waals surface area contributed by atoms with Crippen molar-refractivity contribution in [3.8, 4) is 0 Å². The van der Waals surface area contributed by atoms with E-state index < -0.39 is 0 Å². The zero-order valence-electron chi connectivity index (χ0n) is 14.0. The van der Waals surface area contributed by atoms with Crippen LogP contribution in [0.5, 0.6) is 0 Å². The molecule has 1 heterocycles. The minimum absolute atomic E-state index is 0.0998. The molecule has 1 aromatic heterocycles. The molecule has 2 rings (SSSR count). The van der Waals surface area contributed by atoms with Gasteiger partial charge in [-0.2, -0.15) is 0 Å². The number of hydrogen-bond acceptors (Lipinski definition) is 4. The van der Waals surface area contributed by atoms with E-state index in [0.717, 1.165) is 10.7 Å². The molecule has 23 heavy (non-hydrogen) atoms. The van der Waals surface area contributed by atoms with Crippen LogP contribution in [0.15, 0.2) is 24.3 Å². The molecule has 0 radical (unpaired) electrons. The third kappa shape index (κ3) is 3.96. The van der Waals surface area contributed by atoms with Crippen LogP contribution >= 0.6 is 11.3 Å². The predicted molar refractivity (Wildman–Crippen MR) is 93.4 cm³/mol. The molecular formula is C17H21N3O2S. The number of carbonyl (C=O) groups excluding carboxylic acids is 2. The monoisotopic (exact) mass is 331 g/mol. The highest BCUT2D eigenvalue weighted by Gasteiger charge is 2.17. The quantitative estimate of drug-likeness (QED) is 0.932. The van der Waals surface area contributed by atoms with E-state index in [1.54, 1.807) is 38.4 Å². The van der Waals surface area contributed by atoms with Crippen molar-refractivity contribution in [3.05, 3.63) is 45.4 Å². The fourth-order valence-corrected chi connectivity index (χ4v) is 3.02. The molecule has 6 heteroatoms. The van der Waals surface area contributed by atoms with Crippen LogP contribution in [-0.2, 0) is 0 Å². The number of nitrogens with one attached hydrogen (secondary N) is 1. The number of thiazole rings is 1. The summed E-state index contributed by atoms with van der Waals surface area (Å²) in [5, 5.41) is 3.79. The fraction of sp³-hybridized carbons (Fsp3) is 0.353. The molecule has 0 aliphatic carbocycles. The molecular weight excluding hydrogens is 310 g/mol. The number of aryl methyl sites for hydroxylation is 1. The lowest BCUT2D eigenvalue weighted by Crippen LogP contribution is -2.21. The van der Waals surface area contributed by atoms with Gasteiger partial charge < -0.3 is 10.2 Å². The van der Waals surface area contributed by atoms with Gasteiger partial charge in [0.2, 0.25) is 0 Å². The number of benzene rings is 1. The van der Waals surface area contributed by atoms with Crippen LogP contribution in [-0.4, -0.2) is 35.8 Å². The van der Waals surface area contributed by atoms with E-state index in [1.165, 1.54) is 16.2 Å². The van der Waals surface area contributed by atoms with Gasteiger partial charge in [-0.25, -0.2) is 4.98 Å². The summed E-state index contributed by atoms with van der Waals surface area (Å²) in [7, 11) is 3.39. The Kier molecular flexibility index (Phi) is 5.15. The van der Waals surface area contributed by atoms with Crippen LogP contribution in [0, 0.1) is 6.92 Å². The number of nitrogens with zero attached hydrogens (tertiary/aromatic N) is 2. The minimum atomic E-state index is -0.193. The molecule has 0 bridgehead atoms. The van der Waals surface area contributed by atoms with E-state index in [4.69, 9.17) is 0 Å². The molecule has 2 amide bonds. The first-order valence-corrected chi connectivity index (χ1v) is 8.21. The molecule has 1 N–H and O–H groups in total. The van der Waals surface area contributed by atoms with Gasteiger partial charge in [-0.05, 0) is 25.1 Å². The standard InChI is InChI=1S/C17H21N3O2S/c1-10(2)16-18-11(3)14(23-16)15(21)19-13-8-6-7-12(9-13)17(22)20(4)5/h6-10H,1-5H3,(H,19,21). The Morgan fingerprint density at radius 2 is 1.96 bits per heavy atom. The van der Waals surface area contributed by atoms with E-state index in [0.29, 0.717) is 22.0 Å². The van der Waals surface area contributed by atoms with E-state index >= 15 is 0 Å². The molecule has 0 atom stereocenters. The van der Waals surface area contributed by atoms with Crippen molar-refractivity contribution in [2.75, 3.05) is 19.4 Å². The average molecular weight is 331 g/mol. The molecule has 0 saturated heterocycles. The first-order valence-electron chi connectivity index (χ1n) is 7.40. The van der Waals surface area contributed by atoms with Crippen molar-refractivity contribution in [2.45, 2.75) is 26.7 Å². The van der Waals surface area contributed by atoms with Gasteiger partial charge in [0.15, 0.2) is 0 Å². The Labute approximate surface area is 140 Å². The second-order valence-corrected chi connectivity index (χ2v) is 6.89. The Morgan fingerprint density at radius 3 is 2.52 bits per heavy atom. The Balaban J connectivity index is 2.21. The van der Waals surface area contributed by atoms with E-state index in [1.807, 2.05) is 6.92 Å². The number of amides is 2. The Hall–Kier alpha value is -2.21. The van der Waals surface area contributed by atoms with Gasteiger partial charge in [-0.15, -0.1) is 11.3 Å². The van der Waals surface area contributed by atoms with E-state index in [-0.39, 0.29) is 11.8 Å². The number of anilines is 1. The molecule has 0 aliphatic heterocycles. The van der Waals surface area contributed by atoms with E-state index in [2.05, 4.69) is 24.1 Å². The zero-order valence-corrected chi connectivity index (χ0v) is 14.8. The summed E-state index contributed by atoms with van der Waals surface area (Å²) in [4.78, 5) is 31.0. The molecule has 2 aromatic rings. The maximum atomic E-state index is 12.4. The van der Waals surface area contributed by atoms with Crippen molar-refractivity contribution in [1.82, 2.24) is 9.88 Å². The van der Waals surface area contributed by atoms with Crippen molar-refractivity contribution in [1.29, 1.82) is 0 Å². The summed E-state index contributed by atoms with van der Waals surface area (Å²) in [5.74, 6) is -0.000179. The van der Waals surface area contributed by atoms with Crippen molar-refractivity contribution in [2.24, 2.45) is 0 Å². The van der Waals surface area contributed by atoms with Gasteiger partial charge in [0.25, 0.3) is 11.8 Å². The summed E-state index contributed by atoms with van der Waals surface area (Å²) >= 11 is 1.41. The molecule has 0 aliphatic rings. The molecule has 122 valence electrons. The van der Waals surface area contributed by atoms with Crippen LogP contribution in [0.1, 0.15) is 50.5 Å². The van der Waals surface area contributed by atoms with Gasteiger partial charge in [-0.3, -0.25) is 9.59 Å². The third-order valence-electron chi connectivity index (χ3n) is 3.29. The highest BCUT2D eigenvalue weighted by Crippen LogP contribution is 2.25. The van der Waals surface area contributed by atoms with Gasteiger partial charge in [0.05, 0.1) is 10.7 Å². The van der Waals surface area contributed by atoms with Gasteiger partial charge in [0, 0.05) is 31.3 Å². The zero-order chi connectivity index (χ0) is 17.1. The minimum Gasteiger partial charge on any atom is -0.345 e. The first kappa shape index (κ1) is 17.1. The smallest absolute Gasteiger partial charge is 0.267 e. The summed E-state index contributed by atoms with van der Waals surface area (Å²) in [6.45, 7) is 5.94. The lowest BCUT2D eigenvalue weighted by atomic mass is 10.2. The number of rotatable bonds is 4. The molecule has 1 aromatic carbocycles. The third-order valence-corrected chi connectivity index (χ3v) is 4.74. The second-order valence-electron chi connectivity index (χ2n) is 5.86. The van der Waals surface area contributed by atoms with Gasteiger partial charge in [0.1, 0.15) is 4.88 Å². The Morgan fingerprint density at radius 1 is 1.26 bits per heavy atom. The normalized spacial score (nSPS) is 10.7. The average Bonchev–Trinajstić information content (AvgIpc) is 2.89. The summed E-state index contributed by atoms with van der Waals surface area (Å²) < 4.78 is 0. The topological polar surface area (TPSA) is 62.3 Å². The SMILES string of the molecule is Cc1nc(C(C)C)sc1C(=O)Nc1cccc(C(=O)N(C)C)c1. The van der Waals surface area contributed by atoms with Gasteiger partial charge >= 0.3 is 0 Å². The summed E-state index contributed by atoms with van der Waals surface area (Å²) in [6.07, 6.45) is 0. The molecule has 0 fully saturated rings. The van der Waals surface area contributed by atoms with Crippen LogP contribution in [0.4, 0.5) is 5.69 Å². The van der Waals surface area contributed by atoms with Crippen molar-refractivity contribution >= 4 is 28.8 Å². The van der Waals surface area contributed by atoms with Crippen LogP contribution in [0.25, 0.3) is 0 Å². The number of carbonyl (C=O) groups is 2. The van der Waals surface area contributed by atoms with Crippen molar-refractivity contribution < 1.29 is 9.59 Å². The van der Waals surface area contributed by atoms with Gasteiger partial charge in [-0.1, -0.05) is 19.9 Å². The number of hydrogen-bond donors (Lipinski definition) is 1. The van der Waals surface area contributed by atoms with Crippen LogP contribution < -0.4 is 5.32 Å². The highest BCUT2D eigenvalue weighted by molar-refractivity contribution is 7.14. The molecule has 0 saturated carbocycles. The highest BCUT2D eigenvalue weighted by atomic mass is 32.1. The van der Waals surface area contributed by atoms with Crippen LogP contribution in [0.3, 0.4) is 0 Å². The second kappa shape index (κ2) is 6.91. The largest absolute Gasteiger partial charge is 0.345 e. The van der Waals surface area contributed by atoms with Crippen LogP contribution in [0.2, 0.25) is 0 Å². The Bertz CT molecular complexity index is 735. The predicted octanol–water partition coefficient (Wildman–Crippen LogP) is 3.53. The lowest BCUT2D eigenvalue weighted by Gasteiger charge is -2.11. The number of aromatic nitrogens is 1.